The molecule has 0 aliphatic heterocycles. The number of hydrogen-bond acceptors (Lipinski definition) is 3. The Kier molecular flexibility index (Phi) is 6.01. The lowest BCUT2D eigenvalue weighted by atomic mass is 10.1. The number of aliphatic hydroxyl groups is 1. The fourth-order valence-electron chi connectivity index (χ4n) is 1.84. The van der Waals surface area contributed by atoms with E-state index in [-0.39, 0.29) is 0 Å². The van der Waals surface area contributed by atoms with Gasteiger partial charge in [-0.3, -0.25) is 0 Å². The molecule has 96 valence electrons. The molecule has 0 spiro atoms. The summed E-state index contributed by atoms with van der Waals surface area (Å²) in [4.78, 5) is 2.18. The van der Waals surface area contributed by atoms with Gasteiger partial charge in [-0.2, -0.15) is 0 Å². The molecule has 1 unspecified atom stereocenters. The summed E-state index contributed by atoms with van der Waals surface area (Å²) in [6, 6.07) is 7.44. The number of hydrogen-bond donors (Lipinski definition) is 2. The van der Waals surface area contributed by atoms with E-state index in [2.05, 4.69) is 18.9 Å². The van der Waals surface area contributed by atoms with E-state index in [1.54, 1.807) is 0 Å². The number of nitrogen functional groups attached to an aromatic ring is 1. The van der Waals surface area contributed by atoms with Crippen LogP contribution < -0.4 is 5.73 Å². The van der Waals surface area contributed by atoms with Crippen molar-refractivity contribution in [2.75, 3.05) is 25.9 Å². The molecule has 0 aliphatic rings. The van der Waals surface area contributed by atoms with E-state index in [4.69, 9.17) is 5.73 Å². The summed E-state index contributed by atoms with van der Waals surface area (Å²) in [5, 5.41) is 10.1. The minimum absolute atomic E-state index is 0.428. The average molecular weight is 236 g/mol. The zero-order valence-corrected chi connectivity index (χ0v) is 10.9. The van der Waals surface area contributed by atoms with Crippen molar-refractivity contribution in [1.29, 1.82) is 0 Å². The van der Waals surface area contributed by atoms with E-state index in [1.165, 1.54) is 19.3 Å². The van der Waals surface area contributed by atoms with Crippen molar-refractivity contribution in [2.24, 2.45) is 0 Å². The summed E-state index contributed by atoms with van der Waals surface area (Å²) in [6.07, 6.45) is 3.25. The highest BCUT2D eigenvalue weighted by Crippen LogP contribution is 2.15. The highest BCUT2D eigenvalue weighted by molar-refractivity contribution is 5.39. The van der Waals surface area contributed by atoms with Gasteiger partial charge in [-0.25, -0.2) is 0 Å². The Labute approximate surface area is 104 Å². The van der Waals surface area contributed by atoms with Crippen molar-refractivity contribution in [3.8, 4) is 0 Å². The monoisotopic (exact) mass is 236 g/mol. The van der Waals surface area contributed by atoms with E-state index >= 15 is 0 Å². The molecule has 0 saturated carbocycles. The number of benzene rings is 1. The third-order valence-electron chi connectivity index (χ3n) is 2.95. The molecule has 0 heterocycles. The van der Waals surface area contributed by atoms with E-state index in [9.17, 15) is 5.11 Å². The van der Waals surface area contributed by atoms with Gasteiger partial charge >= 0.3 is 0 Å². The zero-order chi connectivity index (χ0) is 12.7. The smallest absolute Gasteiger partial charge is 0.0916 e. The second kappa shape index (κ2) is 7.30. The molecule has 0 saturated heterocycles. The summed E-state index contributed by atoms with van der Waals surface area (Å²) in [5.41, 5.74) is 7.28. The molecule has 0 fully saturated rings. The van der Waals surface area contributed by atoms with Crippen LogP contribution in [-0.4, -0.2) is 30.1 Å². The summed E-state index contributed by atoms with van der Waals surface area (Å²) in [6.45, 7) is 3.91. The van der Waals surface area contributed by atoms with Crippen molar-refractivity contribution in [3.05, 3.63) is 29.8 Å². The summed E-state index contributed by atoms with van der Waals surface area (Å²) in [5.74, 6) is 0. The molecule has 3 N–H and O–H groups in total. The third-order valence-corrected chi connectivity index (χ3v) is 2.95. The average Bonchev–Trinajstić information content (AvgIpc) is 2.30. The minimum atomic E-state index is -0.428. The van der Waals surface area contributed by atoms with E-state index in [0.29, 0.717) is 6.54 Å². The standard InChI is InChI=1S/C14H24N2O/c1-3-4-5-10-16(2)11-14(17)12-6-8-13(15)9-7-12/h6-9,14,17H,3-5,10-11,15H2,1-2H3. The molecule has 0 radical (unpaired) electrons. The van der Waals surface area contributed by atoms with Crippen LogP contribution >= 0.6 is 0 Å². The largest absolute Gasteiger partial charge is 0.399 e. The fourth-order valence-corrected chi connectivity index (χ4v) is 1.84. The first-order valence-electron chi connectivity index (χ1n) is 6.35. The predicted molar refractivity (Wildman–Crippen MR) is 72.8 cm³/mol. The first kappa shape index (κ1) is 14.0. The topological polar surface area (TPSA) is 49.5 Å². The molecule has 0 aromatic heterocycles. The zero-order valence-electron chi connectivity index (χ0n) is 10.9. The van der Waals surface area contributed by atoms with Crippen LogP contribution in [0.2, 0.25) is 0 Å². The van der Waals surface area contributed by atoms with Gasteiger partial charge in [-0.05, 0) is 37.7 Å². The lowest BCUT2D eigenvalue weighted by Crippen LogP contribution is -2.25. The number of nitrogens with two attached hydrogens (primary N) is 1. The van der Waals surface area contributed by atoms with Gasteiger partial charge in [-0.15, -0.1) is 0 Å². The number of likely N-dealkylation sites (N-methyl/N-ethyl adjacent to an activating group) is 1. The maximum absolute atomic E-state index is 10.1. The summed E-state index contributed by atoms with van der Waals surface area (Å²) >= 11 is 0. The van der Waals surface area contributed by atoms with Crippen molar-refractivity contribution < 1.29 is 5.11 Å². The third kappa shape index (κ3) is 5.20. The number of nitrogens with zero attached hydrogens (tertiary/aromatic N) is 1. The van der Waals surface area contributed by atoms with E-state index < -0.39 is 6.10 Å². The van der Waals surface area contributed by atoms with Crippen molar-refractivity contribution in [1.82, 2.24) is 4.90 Å². The van der Waals surface area contributed by atoms with Crippen molar-refractivity contribution >= 4 is 5.69 Å². The maximum atomic E-state index is 10.1. The molecule has 1 rings (SSSR count). The van der Waals surface area contributed by atoms with Crippen molar-refractivity contribution in [2.45, 2.75) is 32.3 Å². The van der Waals surface area contributed by atoms with Gasteiger partial charge in [0.25, 0.3) is 0 Å². The van der Waals surface area contributed by atoms with Gasteiger partial charge in [0, 0.05) is 12.2 Å². The lowest BCUT2D eigenvalue weighted by Gasteiger charge is -2.20. The molecule has 1 aromatic rings. The van der Waals surface area contributed by atoms with E-state index in [0.717, 1.165) is 17.8 Å². The molecule has 0 aliphatic carbocycles. The van der Waals surface area contributed by atoms with E-state index in [1.807, 2.05) is 24.3 Å². The van der Waals surface area contributed by atoms with Gasteiger partial charge in [-0.1, -0.05) is 31.9 Å². The van der Waals surface area contributed by atoms with Gasteiger partial charge in [0.05, 0.1) is 6.10 Å². The maximum Gasteiger partial charge on any atom is 0.0916 e. The first-order valence-corrected chi connectivity index (χ1v) is 6.35. The number of unbranched alkanes of at least 4 members (excludes halogenated alkanes) is 2. The Hall–Kier alpha value is -1.06. The number of aliphatic hydroxyl groups excluding tert-OH is 1. The van der Waals surface area contributed by atoms with Crippen LogP contribution in [0.4, 0.5) is 5.69 Å². The van der Waals surface area contributed by atoms with Crippen LogP contribution in [-0.2, 0) is 0 Å². The van der Waals surface area contributed by atoms with Crippen LogP contribution in [0.25, 0.3) is 0 Å². The van der Waals surface area contributed by atoms with Crippen LogP contribution in [0.15, 0.2) is 24.3 Å². The number of anilines is 1. The van der Waals surface area contributed by atoms with Gasteiger partial charge in [0.15, 0.2) is 0 Å². The van der Waals surface area contributed by atoms with Crippen LogP contribution in [0.5, 0.6) is 0 Å². The number of rotatable bonds is 7. The normalized spacial score (nSPS) is 12.9. The van der Waals surface area contributed by atoms with Gasteiger partial charge in [0.2, 0.25) is 0 Å². The molecule has 0 amide bonds. The van der Waals surface area contributed by atoms with Crippen molar-refractivity contribution in [3.63, 3.8) is 0 Å². The fraction of sp³-hybridized carbons (Fsp3) is 0.571. The van der Waals surface area contributed by atoms with Crippen LogP contribution in [0, 0.1) is 0 Å². The molecule has 1 aromatic carbocycles. The molecular formula is C14H24N2O. The first-order chi connectivity index (χ1) is 8.13. The summed E-state index contributed by atoms with van der Waals surface area (Å²) < 4.78 is 0. The molecule has 1 atom stereocenters. The lowest BCUT2D eigenvalue weighted by molar-refractivity contribution is 0.126. The minimum Gasteiger partial charge on any atom is -0.399 e. The van der Waals surface area contributed by atoms with Gasteiger partial charge < -0.3 is 15.7 Å². The molecule has 3 nitrogen and oxygen atoms in total. The molecular weight excluding hydrogens is 212 g/mol. The SMILES string of the molecule is CCCCCN(C)CC(O)c1ccc(N)cc1. The second-order valence-electron chi connectivity index (χ2n) is 4.65. The summed E-state index contributed by atoms with van der Waals surface area (Å²) in [7, 11) is 2.05. The molecule has 0 bridgehead atoms. The molecule has 17 heavy (non-hydrogen) atoms. The Morgan fingerprint density at radius 1 is 1.24 bits per heavy atom. The Bertz CT molecular complexity index is 311. The van der Waals surface area contributed by atoms with Crippen LogP contribution in [0.1, 0.15) is 37.9 Å². The second-order valence-corrected chi connectivity index (χ2v) is 4.65. The Balaban J connectivity index is 2.37. The highest BCUT2D eigenvalue weighted by Gasteiger charge is 2.09. The Morgan fingerprint density at radius 2 is 1.88 bits per heavy atom. The highest BCUT2D eigenvalue weighted by atomic mass is 16.3. The predicted octanol–water partition coefficient (Wildman–Crippen LogP) is 2.42. The quantitative estimate of drug-likeness (QED) is 0.564. The van der Waals surface area contributed by atoms with Crippen LogP contribution in [0.3, 0.4) is 0 Å². The Morgan fingerprint density at radius 3 is 2.47 bits per heavy atom. The van der Waals surface area contributed by atoms with Gasteiger partial charge in [0.1, 0.15) is 0 Å². The molecule has 3 heteroatoms.